The van der Waals surface area contributed by atoms with E-state index in [1.807, 2.05) is 6.92 Å². The first-order chi connectivity index (χ1) is 10.0. The Kier molecular flexibility index (Phi) is 4.37. The van der Waals surface area contributed by atoms with Gasteiger partial charge < -0.3 is 15.2 Å². The third-order valence-electron chi connectivity index (χ3n) is 3.07. The van der Waals surface area contributed by atoms with Crippen molar-refractivity contribution in [2.24, 2.45) is 0 Å². The zero-order chi connectivity index (χ0) is 15.6. The standard InChI is InChI=1S/C14H16ClN3O3/c1-4-11-17-12(14(19)21-3)13(16)18(11)8-5-6-9(15)10(7-8)20-2/h5-7H,4,16H2,1-3H3. The second kappa shape index (κ2) is 6.05. The van der Waals surface area contributed by atoms with E-state index in [1.165, 1.54) is 14.2 Å². The first kappa shape index (κ1) is 15.2. The second-order valence-corrected chi connectivity index (χ2v) is 4.67. The number of carbonyl (C=O) groups is 1. The predicted octanol–water partition coefficient (Wildman–Crippen LogP) is 2.47. The van der Waals surface area contributed by atoms with Crippen molar-refractivity contribution in [3.05, 3.63) is 34.7 Å². The number of anilines is 1. The Morgan fingerprint density at radius 1 is 1.43 bits per heavy atom. The van der Waals surface area contributed by atoms with Crippen LogP contribution in [0.3, 0.4) is 0 Å². The maximum absolute atomic E-state index is 11.7. The smallest absolute Gasteiger partial charge is 0.360 e. The number of aromatic nitrogens is 2. The number of esters is 1. The third-order valence-corrected chi connectivity index (χ3v) is 3.38. The lowest BCUT2D eigenvalue weighted by Crippen LogP contribution is -2.08. The van der Waals surface area contributed by atoms with Gasteiger partial charge in [0.2, 0.25) is 0 Å². The molecule has 7 heteroatoms. The summed E-state index contributed by atoms with van der Waals surface area (Å²) in [6.07, 6.45) is 0.603. The van der Waals surface area contributed by atoms with Gasteiger partial charge in [-0.1, -0.05) is 18.5 Å². The molecule has 0 unspecified atom stereocenters. The van der Waals surface area contributed by atoms with Gasteiger partial charge in [0.25, 0.3) is 0 Å². The SMILES string of the molecule is CCc1nc(C(=O)OC)c(N)n1-c1ccc(Cl)c(OC)c1. The van der Waals surface area contributed by atoms with E-state index in [1.54, 1.807) is 22.8 Å². The minimum atomic E-state index is -0.568. The first-order valence-electron chi connectivity index (χ1n) is 6.32. The average Bonchev–Trinajstić information content (AvgIpc) is 2.84. The van der Waals surface area contributed by atoms with Gasteiger partial charge in [0, 0.05) is 12.5 Å². The molecule has 0 atom stereocenters. The van der Waals surface area contributed by atoms with Gasteiger partial charge in [-0.15, -0.1) is 0 Å². The van der Waals surface area contributed by atoms with Crippen molar-refractivity contribution in [2.75, 3.05) is 20.0 Å². The van der Waals surface area contributed by atoms with Crippen molar-refractivity contribution in [1.82, 2.24) is 9.55 Å². The Bertz CT molecular complexity index is 682. The quantitative estimate of drug-likeness (QED) is 0.878. The van der Waals surface area contributed by atoms with E-state index in [4.69, 9.17) is 22.1 Å². The number of benzene rings is 1. The number of nitrogen functional groups attached to an aromatic ring is 1. The summed E-state index contributed by atoms with van der Waals surface area (Å²) in [6.45, 7) is 1.92. The largest absolute Gasteiger partial charge is 0.495 e. The number of nitrogens with zero attached hydrogens (tertiary/aromatic N) is 2. The lowest BCUT2D eigenvalue weighted by molar-refractivity contribution is 0.0596. The van der Waals surface area contributed by atoms with E-state index in [0.717, 1.165) is 0 Å². The maximum Gasteiger partial charge on any atom is 0.360 e. The van der Waals surface area contributed by atoms with Gasteiger partial charge in [-0.25, -0.2) is 9.78 Å². The van der Waals surface area contributed by atoms with Gasteiger partial charge in [-0.2, -0.15) is 0 Å². The Balaban J connectivity index is 2.63. The summed E-state index contributed by atoms with van der Waals surface area (Å²) in [4.78, 5) is 15.9. The molecule has 1 heterocycles. The number of methoxy groups -OCH3 is 2. The van der Waals surface area contributed by atoms with Gasteiger partial charge in [0.05, 0.1) is 24.9 Å². The fourth-order valence-electron chi connectivity index (χ4n) is 2.04. The summed E-state index contributed by atoms with van der Waals surface area (Å²) in [5.41, 5.74) is 6.86. The van der Waals surface area contributed by atoms with Crippen molar-refractivity contribution >= 4 is 23.4 Å². The van der Waals surface area contributed by atoms with E-state index in [-0.39, 0.29) is 11.5 Å². The summed E-state index contributed by atoms with van der Waals surface area (Å²) in [6, 6.07) is 5.22. The fourth-order valence-corrected chi connectivity index (χ4v) is 2.24. The molecule has 0 amide bonds. The number of aryl methyl sites for hydroxylation is 1. The van der Waals surface area contributed by atoms with Gasteiger partial charge >= 0.3 is 5.97 Å². The van der Waals surface area contributed by atoms with Gasteiger partial charge in [0.15, 0.2) is 5.69 Å². The van der Waals surface area contributed by atoms with E-state index < -0.39 is 5.97 Å². The molecule has 6 nitrogen and oxygen atoms in total. The average molecular weight is 310 g/mol. The van der Waals surface area contributed by atoms with Crippen LogP contribution in [0.15, 0.2) is 18.2 Å². The van der Waals surface area contributed by atoms with Crippen LogP contribution in [0.5, 0.6) is 5.75 Å². The van der Waals surface area contributed by atoms with E-state index in [9.17, 15) is 4.79 Å². The fraction of sp³-hybridized carbons (Fsp3) is 0.286. The molecule has 0 aliphatic heterocycles. The van der Waals surface area contributed by atoms with Crippen LogP contribution in [0.4, 0.5) is 5.82 Å². The van der Waals surface area contributed by atoms with Crippen molar-refractivity contribution in [3.8, 4) is 11.4 Å². The number of hydrogen-bond donors (Lipinski definition) is 1. The van der Waals surface area contributed by atoms with Crippen LogP contribution in [0, 0.1) is 0 Å². The molecular weight excluding hydrogens is 294 g/mol. The third kappa shape index (κ3) is 2.67. The number of rotatable bonds is 4. The Morgan fingerprint density at radius 3 is 2.71 bits per heavy atom. The van der Waals surface area contributed by atoms with E-state index >= 15 is 0 Å². The normalized spacial score (nSPS) is 10.5. The van der Waals surface area contributed by atoms with Crippen LogP contribution in [-0.4, -0.2) is 29.7 Å². The van der Waals surface area contributed by atoms with Crippen LogP contribution in [-0.2, 0) is 11.2 Å². The van der Waals surface area contributed by atoms with Crippen LogP contribution in [0.25, 0.3) is 5.69 Å². The Morgan fingerprint density at radius 2 is 2.14 bits per heavy atom. The van der Waals surface area contributed by atoms with Gasteiger partial charge in [-0.05, 0) is 12.1 Å². The number of imidazole rings is 1. The summed E-state index contributed by atoms with van der Waals surface area (Å²) >= 11 is 6.02. The predicted molar refractivity (Wildman–Crippen MR) is 80.3 cm³/mol. The first-order valence-corrected chi connectivity index (χ1v) is 6.70. The van der Waals surface area contributed by atoms with Crippen molar-refractivity contribution in [2.45, 2.75) is 13.3 Å². The number of hydrogen-bond acceptors (Lipinski definition) is 5. The highest BCUT2D eigenvalue weighted by atomic mass is 35.5. The summed E-state index contributed by atoms with van der Waals surface area (Å²) in [5, 5.41) is 0.492. The molecule has 0 saturated heterocycles. The molecule has 0 aliphatic carbocycles. The van der Waals surface area contributed by atoms with Gasteiger partial charge in [0.1, 0.15) is 17.4 Å². The molecule has 2 rings (SSSR count). The number of carbonyl (C=O) groups excluding carboxylic acids is 1. The molecule has 1 aromatic heterocycles. The second-order valence-electron chi connectivity index (χ2n) is 4.26. The van der Waals surface area contributed by atoms with Crippen molar-refractivity contribution in [3.63, 3.8) is 0 Å². The highest BCUT2D eigenvalue weighted by Crippen LogP contribution is 2.29. The van der Waals surface area contributed by atoms with Crippen molar-refractivity contribution in [1.29, 1.82) is 0 Å². The molecule has 1 aromatic carbocycles. The van der Waals surface area contributed by atoms with Crippen molar-refractivity contribution < 1.29 is 14.3 Å². The molecule has 2 N–H and O–H groups in total. The topological polar surface area (TPSA) is 79.4 Å². The minimum absolute atomic E-state index is 0.100. The highest BCUT2D eigenvalue weighted by molar-refractivity contribution is 6.32. The number of ether oxygens (including phenoxy) is 2. The zero-order valence-electron chi connectivity index (χ0n) is 12.0. The molecular formula is C14H16ClN3O3. The minimum Gasteiger partial charge on any atom is -0.495 e. The molecule has 0 aliphatic rings. The zero-order valence-corrected chi connectivity index (χ0v) is 12.8. The molecule has 0 bridgehead atoms. The Labute approximate surface area is 127 Å². The molecule has 21 heavy (non-hydrogen) atoms. The van der Waals surface area contributed by atoms with Crippen LogP contribution in [0.2, 0.25) is 5.02 Å². The highest BCUT2D eigenvalue weighted by Gasteiger charge is 2.21. The van der Waals surface area contributed by atoms with E-state index in [2.05, 4.69) is 9.72 Å². The van der Waals surface area contributed by atoms with Gasteiger partial charge in [-0.3, -0.25) is 4.57 Å². The summed E-state index contributed by atoms with van der Waals surface area (Å²) in [7, 11) is 2.82. The number of halogens is 1. The molecule has 112 valence electrons. The van der Waals surface area contributed by atoms with Crippen LogP contribution in [0.1, 0.15) is 23.2 Å². The lowest BCUT2D eigenvalue weighted by atomic mass is 10.2. The molecule has 0 fully saturated rings. The summed E-state index contributed by atoms with van der Waals surface area (Å²) < 4.78 is 11.6. The summed E-state index contributed by atoms with van der Waals surface area (Å²) in [5.74, 6) is 0.825. The number of nitrogens with two attached hydrogens (primary N) is 1. The van der Waals surface area contributed by atoms with E-state index in [0.29, 0.717) is 28.7 Å². The van der Waals surface area contributed by atoms with Crippen LogP contribution >= 0.6 is 11.6 Å². The molecule has 0 spiro atoms. The molecule has 0 saturated carbocycles. The maximum atomic E-state index is 11.7. The molecule has 2 aromatic rings. The molecule has 0 radical (unpaired) electrons. The van der Waals surface area contributed by atoms with Crippen LogP contribution < -0.4 is 10.5 Å². The monoisotopic (exact) mass is 309 g/mol. The lowest BCUT2D eigenvalue weighted by Gasteiger charge is -2.11. The Hall–Kier alpha value is -2.21.